The van der Waals surface area contributed by atoms with Crippen LogP contribution in [0.15, 0.2) is 54.6 Å². The number of likely N-dealkylation sites (tertiary alicyclic amines) is 1. The molecule has 1 amide bonds. The van der Waals surface area contributed by atoms with E-state index in [0.717, 1.165) is 30.8 Å². The number of ether oxygens (including phenoxy) is 1. The van der Waals surface area contributed by atoms with Crippen LogP contribution < -0.4 is 9.64 Å². The fourth-order valence-electron chi connectivity index (χ4n) is 3.77. The number of amides is 1. The van der Waals surface area contributed by atoms with Gasteiger partial charge in [0.2, 0.25) is 5.91 Å². The van der Waals surface area contributed by atoms with Gasteiger partial charge in [-0.15, -0.1) is 0 Å². The number of carbonyl (C=O) groups excluding carboxylic acids is 1. The van der Waals surface area contributed by atoms with E-state index in [4.69, 9.17) is 10.00 Å². The summed E-state index contributed by atoms with van der Waals surface area (Å²) < 4.78 is 5.53. The number of hydrogen-bond acceptors (Lipinski definition) is 4. The van der Waals surface area contributed by atoms with Crippen LogP contribution in [0.1, 0.15) is 37.8 Å². The minimum absolute atomic E-state index is 0.0410. The molecule has 0 unspecified atom stereocenters. The van der Waals surface area contributed by atoms with Crippen molar-refractivity contribution >= 4 is 11.6 Å². The Morgan fingerprint density at radius 2 is 1.96 bits per heavy atom. The van der Waals surface area contributed by atoms with Gasteiger partial charge in [-0.05, 0) is 56.1 Å². The number of hydrogen-bond donors (Lipinski definition) is 0. The van der Waals surface area contributed by atoms with Crippen molar-refractivity contribution in [3.8, 4) is 11.8 Å². The lowest BCUT2D eigenvalue weighted by atomic mass is 10.0. The Balaban J connectivity index is 1.71. The fourth-order valence-corrected chi connectivity index (χ4v) is 3.77. The quantitative estimate of drug-likeness (QED) is 0.693. The number of nitrogens with zero attached hydrogens (tertiary/aromatic N) is 3. The van der Waals surface area contributed by atoms with Gasteiger partial charge in [-0.2, -0.15) is 5.26 Å². The van der Waals surface area contributed by atoms with Crippen LogP contribution in [-0.2, 0) is 4.79 Å². The zero-order valence-electron chi connectivity index (χ0n) is 16.4. The Morgan fingerprint density at radius 3 is 2.64 bits per heavy atom. The summed E-state index contributed by atoms with van der Waals surface area (Å²) in [6.45, 7) is 4.31. The first-order valence-electron chi connectivity index (χ1n) is 9.92. The Labute approximate surface area is 167 Å². The first kappa shape index (κ1) is 19.9. The normalized spacial score (nSPS) is 16.5. The Morgan fingerprint density at radius 1 is 1.21 bits per heavy atom. The maximum atomic E-state index is 13.1. The van der Waals surface area contributed by atoms with E-state index in [2.05, 4.69) is 23.1 Å². The monoisotopic (exact) mass is 377 g/mol. The van der Waals surface area contributed by atoms with Gasteiger partial charge in [-0.25, -0.2) is 0 Å². The molecule has 28 heavy (non-hydrogen) atoms. The van der Waals surface area contributed by atoms with Gasteiger partial charge in [-0.1, -0.05) is 30.3 Å². The molecule has 0 radical (unpaired) electrons. The third-order valence-electron chi connectivity index (χ3n) is 5.09. The van der Waals surface area contributed by atoms with Crippen molar-refractivity contribution in [2.75, 3.05) is 31.1 Å². The lowest BCUT2D eigenvalue weighted by molar-refractivity contribution is -0.120. The molecule has 1 aliphatic rings. The highest BCUT2D eigenvalue weighted by Crippen LogP contribution is 2.32. The molecule has 0 spiro atoms. The van der Waals surface area contributed by atoms with Gasteiger partial charge >= 0.3 is 0 Å². The highest BCUT2D eigenvalue weighted by molar-refractivity contribution is 5.94. The average molecular weight is 377 g/mol. The maximum absolute atomic E-state index is 13.1. The number of anilines is 1. The number of carbonyl (C=O) groups is 1. The van der Waals surface area contributed by atoms with Crippen LogP contribution in [0.3, 0.4) is 0 Å². The van der Waals surface area contributed by atoms with Gasteiger partial charge in [0, 0.05) is 18.3 Å². The maximum Gasteiger partial charge on any atom is 0.241 e. The molecular formula is C23H27N3O2. The molecule has 0 aromatic heterocycles. The molecule has 5 heteroatoms. The molecule has 1 saturated heterocycles. The summed E-state index contributed by atoms with van der Waals surface area (Å²) in [6, 6.07) is 20.2. The van der Waals surface area contributed by atoms with Gasteiger partial charge in [0.1, 0.15) is 5.75 Å². The van der Waals surface area contributed by atoms with E-state index in [1.54, 1.807) is 4.90 Å². The summed E-state index contributed by atoms with van der Waals surface area (Å²) in [5.74, 6) is 0.915. The number of benzene rings is 2. The van der Waals surface area contributed by atoms with Crippen LogP contribution in [-0.4, -0.2) is 37.0 Å². The minimum atomic E-state index is 0.0410. The van der Waals surface area contributed by atoms with Crippen molar-refractivity contribution < 1.29 is 9.53 Å². The summed E-state index contributed by atoms with van der Waals surface area (Å²) in [4.78, 5) is 17.1. The lowest BCUT2D eigenvalue weighted by Gasteiger charge is -2.28. The molecule has 2 aromatic rings. The molecule has 1 fully saturated rings. The van der Waals surface area contributed by atoms with Crippen molar-refractivity contribution in [2.45, 2.75) is 32.2 Å². The van der Waals surface area contributed by atoms with E-state index < -0.39 is 0 Å². The molecular weight excluding hydrogens is 350 g/mol. The third-order valence-corrected chi connectivity index (χ3v) is 5.09. The van der Waals surface area contributed by atoms with Gasteiger partial charge in [0.25, 0.3) is 0 Å². The molecule has 1 heterocycles. The first-order chi connectivity index (χ1) is 13.7. The van der Waals surface area contributed by atoms with Crippen molar-refractivity contribution in [2.24, 2.45) is 0 Å². The summed E-state index contributed by atoms with van der Waals surface area (Å²) in [7, 11) is 0. The smallest absolute Gasteiger partial charge is 0.241 e. The summed E-state index contributed by atoms with van der Waals surface area (Å²) in [5, 5.41) is 8.97. The highest BCUT2D eigenvalue weighted by Gasteiger charge is 2.29. The topological polar surface area (TPSA) is 56.6 Å². The predicted octanol–water partition coefficient (Wildman–Crippen LogP) is 4.17. The molecule has 0 aliphatic carbocycles. The van der Waals surface area contributed by atoms with Crippen LogP contribution in [0.4, 0.5) is 5.69 Å². The van der Waals surface area contributed by atoms with Crippen molar-refractivity contribution in [1.29, 1.82) is 5.26 Å². The van der Waals surface area contributed by atoms with Crippen LogP contribution >= 0.6 is 0 Å². The van der Waals surface area contributed by atoms with E-state index in [0.29, 0.717) is 26.1 Å². The second-order valence-electron chi connectivity index (χ2n) is 6.92. The molecule has 0 saturated carbocycles. The molecule has 146 valence electrons. The lowest BCUT2D eigenvalue weighted by Crippen LogP contribution is -2.40. The molecule has 5 nitrogen and oxygen atoms in total. The van der Waals surface area contributed by atoms with Crippen molar-refractivity contribution in [1.82, 2.24) is 4.90 Å². The highest BCUT2D eigenvalue weighted by atomic mass is 16.5. The Bertz CT molecular complexity index is 799. The second-order valence-corrected chi connectivity index (χ2v) is 6.92. The second kappa shape index (κ2) is 9.91. The summed E-state index contributed by atoms with van der Waals surface area (Å²) in [6.07, 6.45) is 2.45. The van der Waals surface area contributed by atoms with Crippen LogP contribution in [0.5, 0.6) is 5.75 Å². The Hall–Kier alpha value is -2.84. The molecule has 1 atom stereocenters. The van der Waals surface area contributed by atoms with E-state index in [9.17, 15) is 4.79 Å². The fraction of sp³-hybridized carbons (Fsp3) is 0.391. The van der Waals surface area contributed by atoms with E-state index in [-0.39, 0.29) is 11.9 Å². The van der Waals surface area contributed by atoms with Gasteiger partial charge in [0.15, 0.2) is 0 Å². The number of nitriles is 1. The summed E-state index contributed by atoms with van der Waals surface area (Å²) in [5.41, 5.74) is 2.07. The standard InChI is InChI=1S/C23H27N3O2/c1-2-28-21-13-11-19(12-14-21)22-10-6-16-25(22)18-23(27)26(17-7-15-24)20-8-4-3-5-9-20/h3-5,8-9,11-14,22H,2,6-7,10,16-18H2,1H3/t22-/m0/s1. The number of para-hydroxylation sites is 1. The minimum Gasteiger partial charge on any atom is -0.494 e. The zero-order valence-corrected chi connectivity index (χ0v) is 16.4. The summed E-state index contributed by atoms with van der Waals surface area (Å²) >= 11 is 0. The van der Waals surface area contributed by atoms with Crippen molar-refractivity contribution in [3.63, 3.8) is 0 Å². The SMILES string of the molecule is CCOc1ccc([C@@H]2CCCN2CC(=O)N(CCC#N)c2ccccc2)cc1. The van der Waals surface area contributed by atoms with Crippen LogP contribution in [0.2, 0.25) is 0 Å². The third kappa shape index (κ3) is 4.90. The van der Waals surface area contributed by atoms with Gasteiger partial charge < -0.3 is 9.64 Å². The molecule has 0 bridgehead atoms. The molecule has 3 rings (SSSR count). The molecule has 0 N–H and O–H groups in total. The van der Waals surface area contributed by atoms with E-state index in [1.807, 2.05) is 49.4 Å². The van der Waals surface area contributed by atoms with Gasteiger partial charge in [-0.3, -0.25) is 9.69 Å². The van der Waals surface area contributed by atoms with E-state index >= 15 is 0 Å². The largest absolute Gasteiger partial charge is 0.494 e. The van der Waals surface area contributed by atoms with E-state index in [1.165, 1.54) is 5.56 Å². The van der Waals surface area contributed by atoms with Crippen LogP contribution in [0, 0.1) is 11.3 Å². The van der Waals surface area contributed by atoms with Crippen molar-refractivity contribution in [3.05, 3.63) is 60.2 Å². The molecule has 1 aliphatic heterocycles. The first-order valence-corrected chi connectivity index (χ1v) is 9.92. The van der Waals surface area contributed by atoms with Crippen LogP contribution in [0.25, 0.3) is 0 Å². The zero-order chi connectivity index (χ0) is 19.8. The average Bonchev–Trinajstić information content (AvgIpc) is 3.18. The number of rotatable bonds is 8. The van der Waals surface area contributed by atoms with Gasteiger partial charge in [0.05, 0.1) is 25.6 Å². The molecule has 2 aromatic carbocycles. The predicted molar refractivity (Wildman–Crippen MR) is 110 cm³/mol. The Kier molecular flexibility index (Phi) is 7.05.